The molecule has 1 aromatic rings. The molecular formula is C14H21NO3S. The van der Waals surface area contributed by atoms with E-state index in [1.807, 2.05) is 26.0 Å². The van der Waals surface area contributed by atoms with Gasteiger partial charge in [-0.1, -0.05) is 25.5 Å². The third-order valence-corrected chi connectivity index (χ3v) is 5.55. The number of sulfonamides is 1. The summed E-state index contributed by atoms with van der Waals surface area (Å²) in [6.07, 6.45) is 1.50. The second-order valence-electron chi connectivity index (χ2n) is 5.52. The Morgan fingerprint density at radius 1 is 1.32 bits per heavy atom. The van der Waals surface area contributed by atoms with E-state index in [1.54, 1.807) is 13.0 Å². The predicted molar refractivity (Wildman–Crippen MR) is 74.5 cm³/mol. The first-order chi connectivity index (χ1) is 8.78. The van der Waals surface area contributed by atoms with Crippen LogP contribution in [-0.4, -0.2) is 36.5 Å². The lowest BCUT2D eigenvalue weighted by atomic mass is 9.92. The normalized spacial score (nSPS) is 19.2. The second kappa shape index (κ2) is 4.89. The fraction of sp³-hybridized carbons (Fsp3) is 0.571. The van der Waals surface area contributed by atoms with E-state index in [2.05, 4.69) is 0 Å². The van der Waals surface area contributed by atoms with Gasteiger partial charge in [-0.3, -0.25) is 0 Å². The number of hydrogen-bond donors (Lipinski definition) is 1. The molecule has 0 amide bonds. The lowest BCUT2D eigenvalue weighted by molar-refractivity contribution is -0.0653. The van der Waals surface area contributed by atoms with Gasteiger partial charge in [0.25, 0.3) is 0 Å². The van der Waals surface area contributed by atoms with E-state index in [9.17, 15) is 13.5 Å². The number of aryl methyl sites for hydroxylation is 2. The first-order valence-electron chi connectivity index (χ1n) is 6.58. The van der Waals surface area contributed by atoms with Gasteiger partial charge in [0.1, 0.15) is 0 Å². The van der Waals surface area contributed by atoms with E-state index in [0.29, 0.717) is 11.3 Å². The zero-order valence-electron chi connectivity index (χ0n) is 11.7. The van der Waals surface area contributed by atoms with Crippen LogP contribution in [0.3, 0.4) is 0 Å². The highest BCUT2D eigenvalue weighted by molar-refractivity contribution is 7.89. The fourth-order valence-electron chi connectivity index (χ4n) is 2.53. The fourth-order valence-corrected chi connectivity index (χ4v) is 4.44. The molecule has 4 nitrogen and oxygen atoms in total. The number of nitrogens with zero attached hydrogens (tertiary/aromatic N) is 1. The van der Waals surface area contributed by atoms with Gasteiger partial charge in [-0.2, -0.15) is 4.31 Å². The third-order valence-electron chi connectivity index (χ3n) is 3.62. The van der Waals surface area contributed by atoms with Gasteiger partial charge in [0, 0.05) is 13.1 Å². The Labute approximate surface area is 115 Å². The van der Waals surface area contributed by atoms with Crippen LogP contribution in [0.25, 0.3) is 0 Å². The standard InChI is InChI=1S/C14H21NO3S/c1-4-7-14(16)9-15(10-14)19(17,18)13-8-11(2)5-6-12(13)3/h5-6,8,16H,4,7,9-10H2,1-3H3. The zero-order valence-corrected chi connectivity index (χ0v) is 12.5. The predicted octanol–water partition coefficient (Wildman–Crippen LogP) is 1.84. The van der Waals surface area contributed by atoms with Crippen LogP contribution < -0.4 is 0 Å². The Hall–Kier alpha value is -0.910. The van der Waals surface area contributed by atoms with Gasteiger partial charge in [0.05, 0.1) is 10.5 Å². The maximum absolute atomic E-state index is 12.5. The Balaban J connectivity index is 2.24. The van der Waals surface area contributed by atoms with Crippen LogP contribution in [0.15, 0.2) is 23.1 Å². The minimum absolute atomic E-state index is 0.205. The van der Waals surface area contributed by atoms with Gasteiger partial charge in [-0.05, 0) is 37.5 Å². The summed E-state index contributed by atoms with van der Waals surface area (Å²) in [5.41, 5.74) is 0.838. The molecular weight excluding hydrogens is 262 g/mol. The molecule has 0 radical (unpaired) electrons. The number of β-amino-alcohol motifs (C(OH)–C–C–N with tert-alkyl or cyclic N) is 1. The molecule has 0 bridgehead atoms. The molecule has 0 aliphatic carbocycles. The van der Waals surface area contributed by atoms with Crippen molar-refractivity contribution in [2.45, 2.75) is 44.1 Å². The van der Waals surface area contributed by atoms with Crippen molar-refractivity contribution in [1.29, 1.82) is 0 Å². The largest absolute Gasteiger partial charge is 0.387 e. The van der Waals surface area contributed by atoms with Gasteiger partial charge >= 0.3 is 0 Å². The Morgan fingerprint density at radius 3 is 2.53 bits per heavy atom. The van der Waals surface area contributed by atoms with Crippen molar-refractivity contribution in [1.82, 2.24) is 4.31 Å². The molecule has 1 saturated heterocycles. The average Bonchev–Trinajstić information content (AvgIpc) is 2.29. The summed E-state index contributed by atoms with van der Waals surface area (Å²) in [6, 6.07) is 5.42. The molecule has 1 fully saturated rings. The van der Waals surface area contributed by atoms with Gasteiger partial charge in [0.15, 0.2) is 0 Å². The smallest absolute Gasteiger partial charge is 0.243 e. The topological polar surface area (TPSA) is 57.6 Å². The minimum Gasteiger partial charge on any atom is -0.387 e. The van der Waals surface area contributed by atoms with E-state index in [1.165, 1.54) is 4.31 Å². The van der Waals surface area contributed by atoms with Crippen LogP contribution in [0.5, 0.6) is 0 Å². The maximum atomic E-state index is 12.5. The Morgan fingerprint density at radius 2 is 1.95 bits per heavy atom. The molecule has 1 N–H and O–H groups in total. The van der Waals surface area contributed by atoms with Crippen LogP contribution in [0, 0.1) is 13.8 Å². The summed E-state index contributed by atoms with van der Waals surface area (Å²) in [4.78, 5) is 0.353. The summed E-state index contributed by atoms with van der Waals surface area (Å²) in [6.45, 7) is 6.07. The van der Waals surface area contributed by atoms with Crippen molar-refractivity contribution in [3.63, 3.8) is 0 Å². The van der Waals surface area contributed by atoms with Gasteiger partial charge in [-0.15, -0.1) is 0 Å². The SMILES string of the molecule is CCCC1(O)CN(S(=O)(=O)c2cc(C)ccc2C)C1. The molecule has 0 saturated carbocycles. The van der Waals surface area contributed by atoms with Crippen molar-refractivity contribution in [3.05, 3.63) is 29.3 Å². The van der Waals surface area contributed by atoms with E-state index in [4.69, 9.17) is 0 Å². The average molecular weight is 283 g/mol. The maximum Gasteiger partial charge on any atom is 0.243 e. The van der Waals surface area contributed by atoms with E-state index < -0.39 is 15.6 Å². The first-order valence-corrected chi connectivity index (χ1v) is 8.02. The summed E-state index contributed by atoms with van der Waals surface area (Å²) < 4.78 is 26.4. The molecule has 0 atom stereocenters. The molecule has 19 heavy (non-hydrogen) atoms. The Bertz CT molecular complexity index is 574. The second-order valence-corrected chi connectivity index (χ2v) is 7.42. The lowest BCUT2D eigenvalue weighted by Crippen LogP contribution is -2.63. The highest BCUT2D eigenvalue weighted by Gasteiger charge is 2.46. The third kappa shape index (κ3) is 2.68. The van der Waals surface area contributed by atoms with Crippen molar-refractivity contribution in [2.24, 2.45) is 0 Å². The summed E-state index contributed by atoms with van der Waals surface area (Å²) in [5.74, 6) is 0. The van der Waals surface area contributed by atoms with E-state index in [0.717, 1.165) is 17.5 Å². The lowest BCUT2D eigenvalue weighted by Gasteiger charge is -2.45. The molecule has 5 heteroatoms. The minimum atomic E-state index is -3.47. The number of benzene rings is 1. The molecule has 0 spiro atoms. The molecule has 0 unspecified atom stereocenters. The number of rotatable bonds is 4. The van der Waals surface area contributed by atoms with Crippen LogP contribution in [0.1, 0.15) is 30.9 Å². The first kappa shape index (κ1) is 14.5. The highest BCUT2D eigenvalue weighted by atomic mass is 32.2. The van der Waals surface area contributed by atoms with Crippen molar-refractivity contribution < 1.29 is 13.5 Å². The molecule has 1 aromatic carbocycles. The Kier molecular flexibility index (Phi) is 3.73. The summed E-state index contributed by atoms with van der Waals surface area (Å²) >= 11 is 0. The van der Waals surface area contributed by atoms with Gasteiger partial charge in [-0.25, -0.2) is 8.42 Å². The van der Waals surface area contributed by atoms with E-state index >= 15 is 0 Å². The van der Waals surface area contributed by atoms with Crippen LogP contribution in [-0.2, 0) is 10.0 Å². The molecule has 2 rings (SSSR count). The van der Waals surface area contributed by atoms with Crippen LogP contribution in [0.4, 0.5) is 0 Å². The molecule has 106 valence electrons. The zero-order chi connectivity index (χ0) is 14.3. The van der Waals surface area contributed by atoms with Crippen molar-refractivity contribution in [3.8, 4) is 0 Å². The summed E-state index contributed by atoms with van der Waals surface area (Å²) in [7, 11) is -3.47. The van der Waals surface area contributed by atoms with Crippen LogP contribution in [0.2, 0.25) is 0 Å². The number of hydrogen-bond acceptors (Lipinski definition) is 3. The van der Waals surface area contributed by atoms with Crippen LogP contribution >= 0.6 is 0 Å². The van der Waals surface area contributed by atoms with Crippen molar-refractivity contribution in [2.75, 3.05) is 13.1 Å². The molecule has 0 aromatic heterocycles. The van der Waals surface area contributed by atoms with Gasteiger partial charge < -0.3 is 5.11 Å². The molecule has 1 aliphatic heterocycles. The molecule has 1 heterocycles. The number of aliphatic hydroxyl groups is 1. The quantitative estimate of drug-likeness (QED) is 0.917. The van der Waals surface area contributed by atoms with Gasteiger partial charge in [0.2, 0.25) is 10.0 Å². The van der Waals surface area contributed by atoms with Crippen molar-refractivity contribution >= 4 is 10.0 Å². The molecule has 1 aliphatic rings. The summed E-state index contributed by atoms with van der Waals surface area (Å²) in [5, 5.41) is 10.1. The van der Waals surface area contributed by atoms with E-state index in [-0.39, 0.29) is 13.1 Å². The highest BCUT2D eigenvalue weighted by Crippen LogP contribution is 2.32. The monoisotopic (exact) mass is 283 g/mol.